The first-order valence-electron chi connectivity index (χ1n) is 7.21. The van der Waals surface area contributed by atoms with E-state index in [2.05, 4.69) is 16.0 Å². The molecule has 7 heteroatoms. The van der Waals surface area contributed by atoms with E-state index in [4.69, 9.17) is 5.11 Å². The molecule has 1 saturated carbocycles. The van der Waals surface area contributed by atoms with Crippen molar-refractivity contribution in [2.45, 2.75) is 58.5 Å². The summed E-state index contributed by atoms with van der Waals surface area (Å²) in [5, 5.41) is 16.7. The summed E-state index contributed by atoms with van der Waals surface area (Å²) in [7, 11) is 0. The number of aliphatic carboxylic acids is 1. The van der Waals surface area contributed by atoms with Gasteiger partial charge in [0.15, 0.2) is 0 Å². The summed E-state index contributed by atoms with van der Waals surface area (Å²) in [6, 6.07) is -0.728. The van der Waals surface area contributed by atoms with Crippen molar-refractivity contribution in [1.82, 2.24) is 16.0 Å². The number of nitrogens with one attached hydrogen (secondary N) is 3. The maximum Gasteiger partial charge on any atom is 0.315 e. The summed E-state index contributed by atoms with van der Waals surface area (Å²) in [4.78, 5) is 34.0. The summed E-state index contributed by atoms with van der Waals surface area (Å²) in [5.74, 6) is -1.19. The second kappa shape index (κ2) is 7.28. The zero-order valence-electron chi connectivity index (χ0n) is 12.9. The van der Waals surface area contributed by atoms with Crippen molar-refractivity contribution < 1.29 is 19.5 Å². The van der Waals surface area contributed by atoms with Gasteiger partial charge in [-0.25, -0.2) is 4.79 Å². The molecule has 1 atom stereocenters. The lowest BCUT2D eigenvalue weighted by atomic mass is 9.87. The molecule has 0 saturated heterocycles. The Balaban J connectivity index is 2.35. The molecule has 1 aliphatic rings. The number of amides is 3. The monoisotopic (exact) mass is 299 g/mol. The van der Waals surface area contributed by atoms with Crippen LogP contribution in [0.15, 0.2) is 0 Å². The lowest BCUT2D eigenvalue weighted by Crippen LogP contribution is -2.47. The fraction of sp³-hybridized carbons (Fsp3) is 0.786. The zero-order chi connectivity index (χ0) is 16.0. The normalized spacial score (nSPS) is 16.0. The molecule has 3 amide bonds. The molecule has 0 aromatic carbocycles. The summed E-state index contributed by atoms with van der Waals surface area (Å²) < 4.78 is 0. The van der Waals surface area contributed by atoms with E-state index in [9.17, 15) is 14.4 Å². The molecule has 1 aliphatic carbocycles. The molecule has 120 valence electrons. The molecule has 0 aromatic heterocycles. The Kier molecular flexibility index (Phi) is 5.99. The molecule has 4 N–H and O–H groups in total. The van der Waals surface area contributed by atoms with Gasteiger partial charge in [-0.05, 0) is 24.7 Å². The van der Waals surface area contributed by atoms with E-state index in [1.54, 1.807) is 0 Å². The van der Waals surface area contributed by atoms with Gasteiger partial charge in [0.2, 0.25) is 5.91 Å². The van der Waals surface area contributed by atoms with Crippen molar-refractivity contribution in [2.75, 3.05) is 6.54 Å². The lowest BCUT2D eigenvalue weighted by molar-refractivity contribution is -0.137. The molecular weight excluding hydrogens is 274 g/mol. The molecule has 0 aliphatic heterocycles. The zero-order valence-corrected chi connectivity index (χ0v) is 12.9. The summed E-state index contributed by atoms with van der Waals surface area (Å²) in [5.41, 5.74) is -0.100. The Morgan fingerprint density at radius 2 is 1.86 bits per heavy atom. The van der Waals surface area contributed by atoms with E-state index in [1.165, 1.54) is 0 Å². The van der Waals surface area contributed by atoms with Gasteiger partial charge in [0.1, 0.15) is 0 Å². The highest BCUT2D eigenvalue weighted by atomic mass is 16.4. The van der Waals surface area contributed by atoms with Crippen LogP contribution in [0.4, 0.5) is 4.79 Å². The molecule has 0 aromatic rings. The van der Waals surface area contributed by atoms with Crippen molar-refractivity contribution in [3.8, 4) is 0 Å². The van der Waals surface area contributed by atoms with Gasteiger partial charge in [-0.1, -0.05) is 20.8 Å². The van der Waals surface area contributed by atoms with Crippen LogP contribution in [0.5, 0.6) is 0 Å². The molecule has 1 fully saturated rings. The van der Waals surface area contributed by atoms with E-state index >= 15 is 0 Å². The second-order valence-corrected chi connectivity index (χ2v) is 6.73. The quantitative estimate of drug-likeness (QED) is 0.559. The van der Waals surface area contributed by atoms with E-state index in [0.29, 0.717) is 6.42 Å². The molecule has 1 rings (SSSR count). The van der Waals surface area contributed by atoms with Gasteiger partial charge >= 0.3 is 12.0 Å². The van der Waals surface area contributed by atoms with Gasteiger partial charge in [0, 0.05) is 12.1 Å². The highest BCUT2D eigenvalue weighted by molar-refractivity contribution is 5.84. The van der Waals surface area contributed by atoms with Gasteiger partial charge in [0.05, 0.1) is 13.0 Å². The number of urea groups is 1. The number of rotatable bonds is 7. The van der Waals surface area contributed by atoms with Crippen LogP contribution in [-0.2, 0) is 9.59 Å². The van der Waals surface area contributed by atoms with E-state index in [0.717, 1.165) is 12.8 Å². The van der Waals surface area contributed by atoms with Crippen LogP contribution < -0.4 is 16.0 Å². The Hall–Kier alpha value is -1.79. The number of hydrogen-bond donors (Lipinski definition) is 4. The maximum absolute atomic E-state index is 11.7. The van der Waals surface area contributed by atoms with Gasteiger partial charge < -0.3 is 21.1 Å². The third-order valence-corrected chi connectivity index (χ3v) is 2.97. The van der Waals surface area contributed by atoms with E-state index in [1.807, 2.05) is 20.8 Å². The SMILES string of the molecule is CC(C)(C)CC(CC(=O)O)NC(=O)NCC(=O)NC1CC1. The van der Waals surface area contributed by atoms with E-state index < -0.39 is 18.0 Å². The molecule has 0 bridgehead atoms. The van der Waals surface area contributed by atoms with Crippen LogP contribution in [-0.4, -0.2) is 41.6 Å². The second-order valence-electron chi connectivity index (χ2n) is 6.73. The predicted molar refractivity (Wildman–Crippen MR) is 77.8 cm³/mol. The van der Waals surface area contributed by atoms with Crippen LogP contribution in [0.2, 0.25) is 0 Å². The van der Waals surface area contributed by atoms with Crippen molar-refractivity contribution in [3.63, 3.8) is 0 Å². The van der Waals surface area contributed by atoms with Gasteiger partial charge in [-0.15, -0.1) is 0 Å². The molecule has 0 heterocycles. The minimum atomic E-state index is -0.962. The highest BCUT2D eigenvalue weighted by Crippen LogP contribution is 2.22. The van der Waals surface area contributed by atoms with Gasteiger partial charge in [-0.2, -0.15) is 0 Å². The number of hydrogen-bond acceptors (Lipinski definition) is 3. The number of carboxylic acids is 1. The number of carbonyl (C=O) groups is 3. The largest absolute Gasteiger partial charge is 0.481 e. The predicted octanol–water partition coefficient (Wildman–Crippen LogP) is 0.844. The summed E-state index contributed by atoms with van der Waals surface area (Å²) in [6.07, 6.45) is 2.38. The Bertz CT molecular complexity index is 400. The van der Waals surface area contributed by atoms with Crippen LogP contribution in [0.25, 0.3) is 0 Å². The van der Waals surface area contributed by atoms with Gasteiger partial charge in [-0.3, -0.25) is 9.59 Å². The molecule has 7 nitrogen and oxygen atoms in total. The fourth-order valence-corrected chi connectivity index (χ4v) is 2.03. The molecule has 21 heavy (non-hydrogen) atoms. The van der Waals surface area contributed by atoms with Crippen LogP contribution in [0.1, 0.15) is 46.5 Å². The van der Waals surface area contributed by atoms with Crippen molar-refractivity contribution >= 4 is 17.9 Å². The van der Waals surface area contributed by atoms with Crippen LogP contribution >= 0.6 is 0 Å². The smallest absolute Gasteiger partial charge is 0.315 e. The Morgan fingerprint density at radius 3 is 2.33 bits per heavy atom. The molecule has 0 spiro atoms. The minimum absolute atomic E-state index is 0.0996. The van der Waals surface area contributed by atoms with E-state index in [-0.39, 0.29) is 30.3 Å². The lowest BCUT2D eigenvalue weighted by Gasteiger charge is -2.25. The first kappa shape index (κ1) is 17.3. The number of carboxylic acid groups (broad SMARTS) is 1. The van der Waals surface area contributed by atoms with Crippen molar-refractivity contribution in [2.24, 2.45) is 5.41 Å². The average molecular weight is 299 g/mol. The van der Waals surface area contributed by atoms with Crippen molar-refractivity contribution in [3.05, 3.63) is 0 Å². The fourth-order valence-electron chi connectivity index (χ4n) is 2.03. The number of carbonyl (C=O) groups excluding carboxylic acids is 2. The topological polar surface area (TPSA) is 108 Å². The molecule has 0 radical (unpaired) electrons. The summed E-state index contributed by atoms with van der Waals surface area (Å²) >= 11 is 0. The first-order chi connectivity index (χ1) is 9.65. The first-order valence-corrected chi connectivity index (χ1v) is 7.21. The third-order valence-electron chi connectivity index (χ3n) is 2.97. The minimum Gasteiger partial charge on any atom is -0.481 e. The van der Waals surface area contributed by atoms with Gasteiger partial charge in [0.25, 0.3) is 0 Å². The average Bonchev–Trinajstić information content (AvgIpc) is 3.06. The van der Waals surface area contributed by atoms with Crippen LogP contribution in [0.3, 0.4) is 0 Å². The maximum atomic E-state index is 11.7. The third kappa shape index (κ3) is 8.88. The Morgan fingerprint density at radius 1 is 1.24 bits per heavy atom. The standard InChI is InChI=1S/C14H25N3O4/c1-14(2,3)7-10(6-12(19)20)17-13(21)15-8-11(18)16-9-4-5-9/h9-10H,4-8H2,1-3H3,(H,16,18)(H,19,20)(H2,15,17,21). The van der Waals surface area contributed by atoms with Crippen LogP contribution in [0, 0.1) is 5.41 Å². The highest BCUT2D eigenvalue weighted by Gasteiger charge is 2.24. The molecular formula is C14H25N3O4. The summed E-state index contributed by atoms with van der Waals surface area (Å²) in [6.45, 7) is 5.83. The Labute approximate surface area is 124 Å². The van der Waals surface area contributed by atoms with Crippen molar-refractivity contribution in [1.29, 1.82) is 0 Å². The molecule has 1 unspecified atom stereocenters.